The van der Waals surface area contributed by atoms with E-state index in [4.69, 9.17) is 4.74 Å². The highest BCUT2D eigenvalue weighted by Gasteiger charge is 2.17. The van der Waals surface area contributed by atoms with Crippen molar-refractivity contribution in [1.82, 2.24) is 10.3 Å². The minimum atomic E-state index is 0.492. The molecule has 2 heterocycles. The molecule has 0 amide bonds. The van der Waals surface area contributed by atoms with Gasteiger partial charge in [-0.2, -0.15) is 0 Å². The molecule has 1 aromatic rings. The number of aromatic nitrogens is 1. The fraction of sp³-hybridized carbons (Fsp3) is 0.583. The van der Waals surface area contributed by atoms with Gasteiger partial charge in [-0.25, -0.2) is 0 Å². The summed E-state index contributed by atoms with van der Waals surface area (Å²) in [6, 6.07) is 2.60. The minimum absolute atomic E-state index is 0.492. The van der Waals surface area contributed by atoms with Crippen LogP contribution in [-0.4, -0.2) is 18.6 Å². The van der Waals surface area contributed by atoms with Crippen molar-refractivity contribution in [3.8, 4) is 0 Å². The quantitative estimate of drug-likeness (QED) is 0.821. The third-order valence-electron chi connectivity index (χ3n) is 2.93. The number of hydrogen-bond donors (Lipinski definition) is 1. The third-order valence-corrected chi connectivity index (χ3v) is 2.93. The summed E-state index contributed by atoms with van der Waals surface area (Å²) < 4.78 is 5.19. The lowest BCUT2D eigenvalue weighted by Gasteiger charge is -2.25. The zero-order valence-electron chi connectivity index (χ0n) is 9.20. The van der Waals surface area contributed by atoms with E-state index in [1.165, 1.54) is 30.4 Å². The van der Waals surface area contributed by atoms with E-state index < -0.39 is 0 Å². The summed E-state index contributed by atoms with van der Waals surface area (Å²) in [6.45, 7) is 1.78. The van der Waals surface area contributed by atoms with E-state index in [-0.39, 0.29) is 0 Å². The highest BCUT2D eigenvalue weighted by atomic mass is 16.5. The van der Waals surface area contributed by atoms with Crippen LogP contribution in [0.5, 0.6) is 0 Å². The average molecular weight is 206 g/mol. The molecule has 2 rings (SSSR count). The molecule has 1 aliphatic heterocycles. The summed E-state index contributed by atoms with van der Waals surface area (Å²) in [6.07, 6.45) is 7.61. The Morgan fingerprint density at radius 2 is 2.47 bits per heavy atom. The van der Waals surface area contributed by atoms with Crippen molar-refractivity contribution in [1.29, 1.82) is 0 Å². The highest BCUT2D eigenvalue weighted by Crippen LogP contribution is 2.25. The van der Waals surface area contributed by atoms with Crippen LogP contribution in [0.15, 0.2) is 18.5 Å². The Morgan fingerprint density at radius 1 is 1.53 bits per heavy atom. The largest absolute Gasteiger partial charge is 0.380 e. The van der Waals surface area contributed by atoms with Crippen LogP contribution in [0.3, 0.4) is 0 Å². The van der Waals surface area contributed by atoms with Crippen LogP contribution >= 0.6 is 0 Å². The Balaban J connectivity index is 2.17. The number of ether oxygens (including phenoxy) is 1. The van der Waals surface area contributed by atoms with E-state index in [1.807, 2.05) is 12.4 Å². The van der Waals surface area contributed by atoms with Crippen LogP contribution < -0.4 is 5.32 Å². The van der Waals surface area contributed by atoms with Crippen molar-refractivity contribution < 1.29 is 4.74 Å². The van der Waals surface area contributed by atoms with Crippen molar-refractivity contribution in [3.05, 3.63) is 29.6 Å². The molecule has 1 N–H and O–H groups in total. The van der Waals surface area contributed by atoms with Crippen molar-refractivity contribution in [2.75, 3.05) is 13.7 Å². The summed E-state index contributed by atoms with van der Waals surface area (Å²) >= 11 is 0. The number of piperidine rings is 1. The van der Waals surface area contributed by atoms with E-state index in [0.717, 1.165) is 6.54 Å². The Labute approximate surface area is 90.9 Å². The number of hydrogen-bond acceptors (Lipinski definition) is 3. The lowest BCUT2D eigenvalue weighted by Crippen LogP contribution is -2.27. The van der Waals surface area contributed by atoms with Crippen LogP contribution in [0, 0.1) is 0 Å². The lowest BCUT2D eigenvalue weighted by atomic mass is 9.95. The summed E-state index contributed by atoms with van der Waals surface area (Å²) in [5.41, 5.74) is 2.56. The molecule has 0 radical (unpaired) electrons. The molecule has 1 saturated heterocycles. The first-order valence-electron chi connectivity index (χ1n) is 5.57. The fourth-order valence-electron chi connectivity index (χ4n) is 2.17. The van der Waals surface area contributed by atoms with Gasteiger partial charge >= 0.3 is 0 Å². The SMILES string of the molecule is COCc1cnccc1C1CCCCN1. The molecule has 1 unspecified atom stereocenters. The number of nitrogens with one attached hydrogen (secondary N) is 1. The molecule has 0 aromatic carbocycles. The standard InChI is InChI=1S/C12H18N2O/c1-15-9-10-8-13-7-5-11(10)12-4-2-3-6-14-12/h5,7-8,12,14H,2-4,6,9H2,1H3. The van der Waals surface area contributed by atoms with Gasteiger partial charge in [0.25, 0.3) is 0 Å². The monoisotopic (exact) mass is 206 g/mol. The Morgan fingerprint density at radius 3 is 3.20 bits per heavy atom. The Kier molecular flexibility index (Phi) is 3.69. The minimum Gasteiger partial charge on any atom is -0.380 e. The number of pyridine rings is 1. The van der Waals surface area contributed by atoms with E-state index in [0.29, 0.717) is 12.6 Å². The molecule has 0 saturated carbocycles. The molecule has 3 heteroatoms. The summed E-state index contributed by atoms with van der Waals surface area (Å²) in [5.74, 6) is 0. The van der Waals surface area contributed by atoms with E-state index in [9.17, 15) is 0 Å². The molecule has 82 valence electrons. The molecule has 0 spiro atoms. The predicted molar refractivity (Wildman–Crippen MR) is 59.5 cm³/mol. The van der Waals surface area contributed by atoms with Crippen LogP contribution in [0.1, 0.15) is 36.4 Å². The molecule has 3 nitrogen and oxygen atoms in total. The van der Waals surface area contributed by atoms with E-state index in [1.54, 1.807) is 7.11 Å². The Hall–Kier alpha value is -0.930. The van der Waals surface area contributed by atoms with Crippen molar-refractivity contribution in [3.63, 3.8) is 0 Å². The van der Waals surface area contributed by atoms with Gasteiger partial charge < -0.3 is 10.1 Å². The maximum atomic E-state index is 5.19. The van der Waals surface area contributed by atoms with E-state index in [2.05, 4.69) is 16.4 Å². The predicted octanol–water partition coefficient (Wildman–Crippen LogP) is 2.04. The Bertz CT molecular complexity index is 308. The first kappa shape index (κ1) is 10.6. The molecule has 1 aliphatic rings. The second-order valence-electron chi connectivity index (χ2n) is 4.01. The first-order chi connectivity index (χ1) is 7.42. The molecule has 1 fully saturated rings. The molecular weight excluding hydrogens is 188 g/mol. The van der Waals surface area contributed by atoms with Gasteiger partial charge in [0.05, 0.1) is 6.61 Å². The average Bonchev–Trinajstić information content (AvgIpc) is 2.31. The molecular formula is C12H18N2O. The molecule has 15 heavy (non-hydrogen) atoms. The fourth-order valence-corrected chi connectivity index (χ4v) is 2.17. The third kappa shape index (κ3) is 2.55. The second kappa shape index (κ2) is 5.24. The van der Waals surface area contributed by atoms with Gasteiger partial charge in [0, 0.05) is 31.1 Å². The van der Waals surface area contributed by atoms with Gasteiger partial charge in [-0.05, 0) is 31.0 Å². The van der Waals surface area contributed by atoms with Gasteiger partial charge in [-0.1, -0.05) is 6.42 Å². The van der Waals surface area contributed by atoms with Gasteiger partial charge in [0.15, 0.2) is 0 Å². The van der Waals surface area contributed by atoms with Gasteiger partial charge in [-0.3, -0.25) is 4.98 Å². The highest BCUT2D eigenvalue weighted by molar-refractivity contribution is 5.26. The summed E-state index contributed by atoms with van der Waals surface area (Å²) in [7, 11) is 1.73. The zero-order chi connectivity index (χ0) is 10.5. The summed E-state index contributed by atoms with van der Waals surface area (Å²) in [4.78, 5) is 4.15. The van der Waals surface area contributed by atoms with Crippen molar-refractivity contribution in [2.24, 2.45) is 0 Å². The molecule has 1 atom stereocenters. The number of nitrogens with zero attached hydrogens (tertiary/aromatic N) is 1. The van der Waals surface area contributed by atoms with Crippen LogP contribution in [-0.2, 0) is 11.3 Å². The molecule has 1 aromatic heterocycles. The van der Waals surface area contributed by atoms with Crippen molar-refractivity contribution in [2.45, 2.75) is 31.9 Å². The van der Waals surface area contributed by atoms with Crippen molar-refractivity contribution >= 4 is 0 Å². The van der Waals surface area contributed by atoms with Gasteiger partial charge in [0.1, 0.15) is 0 Å². The number of methoxy groups -OCH3 is 1. The normalized spacial score (nSPS) is 21.5. The zero-order valence-corrected chi connectivity index (χ0v) is 9.20. The second-order valence-corrected chi connectivity index (χ2v) is 4.01. The smallest absolute Gasteiger partial charge is 0.0731 e. The summed E-state index contributed by atoms with van der Waals surface area (Å²) in [5, 5.41) is 3.55. The van der Waals surface area contributed by atoms with Crippen LogP contribution in [0.25, 0.3) is 0 Å². The first-order valence-corrected chi connectivity index (χ1v) is 5.57. The maximum absolute atomic E-state index is 5.19. The maximum Gasteiger partial charge on any atom is 0.0731 e. The van der Waals surface area contributed by atoms with Crippen LogP contribution in [0.4, 0.5) is 0 Å². The topological polar surface area (TPSA) is 34.1 Å². The molecule has 0 aliphatic carbocycles. The van der Waals surface area contributed by atoms with Gasteiger partial charge in [0.2, 0.25) is 0 Å². The van der Waals surface area contributed by atoms with Gasteiger partial charge in [-0.15, -0.1) is 0 Å². The van der Waals surface area contributed by atoms with Crippen LogP contribution in [0.2, 0.25) is 0 Å². The molecule has 0 bridgehead atoms. The van der Waals surface area contributed by atoms with E-state index >= 15 is 0 Å². The number of rotatable bonds is 3. The lowest BCUT2D eigenvalue weighted by molar-refractivity contribution is 0.183.